The van der Waals surface area contributed by atoms with E-state index >= 15 is 0 Å². The molecule has 390 valence electrons. The molecule has 3 atom stereocenters. The van der Waals surface area contributed by atoms with Crippen LogP contribution in [0.1, 0.15) is 94.7 Å². The van der Waals surface area contributed by atoms with Gasteiger partial charge in [-0.1, -0.05) is 57.2 Å². The number of aliphatic hydroxyl groups excluding tert-OH is 1. The van der Waals surface area contributed by atoms with E-state index in [-0.39, 0.29) is 48.5 Å². The van der Waals surface area contributed by atoms with Gasteiger partial charge >= 0.3 is 6.18 Å². The zero-order chi connectivity index (χ0) is 53.5. The highest BCUT2D eigenvalue weighted by Gasteiger charge is 2.51. The number of β-amino-alcohol motifs (C(OH)–C–C–N with tert-alkyl or cyclic N) is 1. The molecule has 0 aliphatic carbocycles. The van der Waals surface area contributed by atoms with Crippen LogP contribution in [-0.2, 0) is 38.3 Å². The highest BCUT2D eigenvalue weighted by molar-refractivity contribution is 7.81. The number of likely N-dealkylation sites (tertiary alicyclic amines) is 1. The van der Waals surface area contributed by atoms with Gasteiger partial charge in [0, 0.05) is 31.6 Å². The van der Waals surface area contributed by atoms with Gasteiger partial charge in [-0.2, -0.15) is 18.4 Å². The van der Waals surface area contributed by atoms with E-state index in [0.29, 0.717) is 49.7 Å². The minimum Gasteiger partial charge on any atom is -0.494 e. The largest absolute Gasteiger partial charge is 0.494 e. The predicted molar refractivity (Wildman–Crippen MR) is 280 cm³/mol. The molecule has 2 saturated heterocycles. The van der Waals surface area contributed by atoms with E-state index < -0.39 is 58.3 Å². The van der Waals surface area contributed by atoms with E-state index in [9.17, 15) is 42.7 Å². The highest BCUT2D eigenvalue weighted by Crippen LogP contribution is 2.40. The number of carbonyl (C=O) groups excluding carboxylic acids is 4. The molecule has 2 fully saturated rings. The molecule has 7 rings (SSSR count). The van der Waals surface area contributed by atoms with Crippen molar-refractivity contribution in [2.24, 2.45) is 5.41 Å². The first-order valence-electron chi connectivity index (χ1n) is 24.4. The fourth-order valence-electron chi connectivity index (χ4n) is 8.96. The number of aromatic nitrogens is 1. The Hall–Kier alpha value is -6.88. The molecule has 14 nitrogen and oxygen atoms in total. The van der Waals surface area contributed by atoms with Gasteiger partial charge in [0.15, 0.2) is 5.11 Å². The summed E-state index contributed by atoms with van der Waals surface area (Å²) in [5.41, 5.74) is 2.64. The van der Waals surface area contributed by atoms with E-state index in [1.54, 1.807) is 65.9 Å². The molecule has 4 amide bonds. The molecule has 2 aliphatic rings. The minimum absolute atomic E-state index is 0.00152. The summed E-state index contributed by atoms with van der Waals surface area (Å²) in [5, 5.41) is 25.7. The van der Waals surface area contributed by atoms with Crippen molar-refractivity contribution < 1.29 is 46.9 Å². The van der Waals surface area contributed by atoms with Crippen molar-refractivity contribution in [2.75, 3.05) is 29.6 Å². The number of ether oxygens (including phenoxy) is 2. The summed E-state index contributed by atoms with van der Waals surface area (Å²) in [7, 11) is 0. The summed E-state index contributed by atoms with van der Waals surface area (Å²) in [4.78, 5) is 63.7. The molecule has 3 heterocycles. The van der Waals surface area contributed by atoms with Crippen LogP contribution in [0, 0.1) is 23.7 Å². The molecule has 2 aliphatic heterocycles. The fourth-order valence-corrected chi connectivity index (χ4v) is 10.3. The summed E-state index contributed by atoms with van der Waals surface area (Å²) >= 11 is 7.21. The zero-order valence-corrected chi connectivity index (χ0v) is 43.8. The second-order valence-corrected chi connectivity index (χ2v) is 21.2. The molecule has 0 bridgehead atoms. The van der Waals surface area contributed by atoms with E-state index in [0.717, 1.165) is 50.7 Å². The lowest BCUT2D eigenvalue weighted by molar-refractivity contribution is -0.144. The number of benzene rings is 4. The van der Waals surface area contributed by atoms with Crippen LogP contribution in [0.15, 0.2) is 96.5 Å². The van der Waals surface area contributed by atoms with Crippen molar-refractivity contribution in [2.45, 2.75) is 117 Å². The monoisotopic (exact) mass is 1050 g/mol. The Labute approximate surface area is 438 Å². The maximum Gasteiger partial charge on any atom is 0.417 e. The standard InChI is InChI=1S/C55H60F3N7O7S2/c1-34-47(74-33-61-34)37-16-12-36(13-17-37)31-60-49(68)45-29-41(66)32-63(45)50(69)48(53(2,3)4)62-46(67)11-7-8-26-71-42-22-14-35(15-23-42)10-9-27-72-43-24-20-39(21-25-43)65-52(73)64(51(70)54(65,5)6)40-19-18-38(30-59)44(28-40)55(56,57)58/h12-25,28,33,41,45,48,66H,7-11,26-27,29,31-32H2,1-6H3,(H,60,68)(H,62,67)/t41-,45+,48-/m1/s1. The molecule has 0 saturated carbocycles. The fraction of sp³-hybridized carbons (Fsp3) is 0.400. The number of rotatable bonds is 19. The van der Waals surface area contributed by atoms with Crippen molar-refractivity contribution in [1.29, 1.82) is 5.26 Å². The minimum atomic E-state index is -4.80. The van der Waals surface area contributed by atoms with Gasteiger partial charge < -0.3 is 35.0 Å². The van der Waals surface area contributed by atoms with Gasteiger partial charge in [-0.25, -0.2) is 4.98 Å². The van der Waals surface area contributed by atoms with Gasteiger partial charge in [0.2, 0.25) is 17.7 Å². The Kier molecular flexibility index (Phi) is 17.1. The van der Waals surface area contributed by atoms with E-state index in [2.05, 4.69) is 15.6 Å². The second-order valence-electron chi connectivity index (χ2n) is 20.0. The van der Waals surface area contributed by atoms with Crippen LogP contribution < -0.4 is 29.9 Å². The third kappa shape index (κ3) is 12.9. The molecular formula is C55H60F3N7O7S2. The molecule has 3 N–H and O–H groups in total. The molecule has 1 aromatic heterocycles. The Balaban J connectivity index is 0.811. The van der Waals surface area contributed by atoms with Crippen LogP contribution in [0.3, 0.4) is 0 Å². The molecular weight excluding hydrogens is 992 g/mol. The normalized spacial score (nSPS) is 17.0. The number of nitriles is 1. The quantitative estimate of drug-likeness (QED) is 0.0531. The Morgan fingerprint density at radius 1 is 0.919 bits per heavy atom. The van der Waals surface area contributed by atoms with Crippen molar-refractivity contribution in [3.63, 3.8) is 0 Å². The number of unbranched alkanes of at least 4 members (excludes halogenated alkanes) is 1. The number of hydrogen-bond acceptors (Lipinski definition) is 11. The molecule has 4 aromatic carbocycles. The molecule has 0 unspecified atom stereocenters. The van der Waals surface area contributed by atoms with E-state index in [4.69, 9.17) is 21.7 Å². The Bertz CT molecular complexity index is 2880. The Morgan fingerprint density at radius 3 is 2.15 bits per heavy atom. The van der Waals surface area contributed by atoms with Crippen LogP contribution >= 0.6 is 23.6 Å². The summed E-state index contributed by atoms with van der Waals surface area (Å²) in [6.45, 7) is 11.8. The number of amides is 4. The number of anilines is 2. The lowest BCUT2D eigenvalue weighted by Crippen LogP contribution is -2.57. The smallest absolute Gasteiger partial charge is 0.417 e. The lowest BCUT2D eigenvalue weighted by Gasteiger charge is -2.35. The lowest BCUT2D eigenvalue weighted by atomic mass is 9.85. The van der Waals surface area contributed by atoms with E-state index in [1.807, 2.05) is 76.2 Å². The van der Waals surface area contributed by atoms with Crippen LogP contribution in [0.4, 0.5) is 24.5 Å². The van der Waals surface area contributed by atoms with Crippen LogP contribution in [0.25, 0.3) is 10.4 Å². The molecule has 74 heavy (non-hydrogen) atoms. The van der Waals surface area contributed by atoms with E-state index in [1.165, 1.54) is 11.0 Å². The molecule has 19 heteroatoms. The number of aryl methyl sites for hydroxylation is 2. The van der Waals surface area contributed by atoms with Crippen molar-refractivity contribution in [1.82, 2.24) is 20.5 Å². The number of aliphatic hydroxyl groups is 1. The summed E-state index contributed by atoms with van der Waals surface area (Å²) in [6.07, 6.45) is -2.84. The molecule has 5 aromatic rings. The second kappa shape index (κ2) is 23.1. The maximum atomic E-state index is 14.0. The predicted octanol–water partition coefficient (Wildman–Crippen LogP) is 9.30. The topological polar surface area (TPSA) is 177 Å². The van der Waals surface area contributed by atoms with Gasteiger partial charge in [-0.3, -0.25) is 24.1 Å². The zero-order valence-electron chi connectivity index (χ0n) is 42.1. The number of nitrogens with zero attached hydrogens (tertiary/aromatic N) is 5. The maximum absolute atomic E-state index is 14.0. The van der Waals surface area contributed by atoms with Gasteiger partial charge in [0.1, 0.15) is 29.1 Å². The van der Waals surface area contributed by atoms with Crippen LogP contribution in [0.2, 0.25) is 0 Å². The van der Waals surface area contributed by atoms with Gasteiger partial charge in [0.25, 0.3) is 5.91 Å². The van der Waals surface area contributed by atoms with Crippen LogP contribution in [0.5, 0.6) is 11.5 Å². The summed E-state index contributed by atoms with van der Waals surface area (Å²) in [5.74, 6) is -0.320. The molecule has 0 radical (unpaired) electrons. The highest BCUT2D eigenvalue weighted by atomic mass is 32.1. The van der Waals surface area contributed by atoms with Gasteiger partial charge in [-0.05, 0) is 135 Å². The number of halogens is 3. The summed E-state index contributed by atoms with van der Waals surface area (Å²) in [6, 6.07) is 25.4. The number of carbonyl (C=O) groups is 4. The number of nitrogens with one attached hydrogen (secondary N) is 2. The third-order valence-electron chi connectivity index (χ3n) is 13.0. The Morgan fingerprint density at radius 2 is 1.54 bits per heavy atom. The van der Waals surface area contributed by atoms with Gasteiger partial charge in [-0.15, -0.1) is 11.3 Å². The summed E-state index contributed by atoms with van der Waals surface area (Å²) < 4.78 is 53.2. The number of hydrogen-bond donors (Lipinski definition) is 3. The first kappa shape index (κ1) is 54.9. The van der Waals surface area contributed by atoms with Crippen molar-refractivity contribution >= 4 is 63.7 Å². The van der Waals surface area contributed by atoms with Crippen LogP contribution in [-0.4, -0.2) is 87.2 Å². The number of thiocarbonyl (C=S) groups is 1. The average molecular weight is 1050 g/mol. The average Bonchev–Trinajstić information content (AvgIpc) is 4.03. The van der Waals surface area contributed by atoms with Crippen molar-refractivity contribution in [3.05, 3.63) is 124 Å². The first-order valence-corrected chi connectivity index (χ1v) is 25.6. The number of alkyl halides is 3. The van der Waals surface area contributed by atoms with Crippen molar-refractivity contribution in [3.8, 4) is 28.0 Å². The third-order valence-corrected chi connectivity index (χ3v) is 14.4. The SMILES string of the molecule is Cc1ncsc1-c1ccc(CNC(=O)[C@@H]2C[C@@H](O)CN2C(=O)[C@@H](NC(=O)CCCCOc2ccc(CCCOc3ccc(N4C(=S)N(c5ccc(C#N)c(C(F)(F)F)c5)C(=O)C4(C)C)cc3)cc2)C(C)(C)C)cc1. The molecule has 0 spiro atoms. The van der Waals surface area contributed by atoms with Gasteiger partial charge in [0.05, 0.1) is 58.3 Å². The first-order chi connectivity index (χ1) is 35.1. The number of thiazole rings is 1.